The summed E-state index contributed by atoms with van der Waals surface area (Å²) in [5.41, 5.74) is 0.762. The van der Waals surface area contributed by atoms with Crippen LogP contribution in [0.1, 0.15) is 129 Å². The lowest BCUT2D eigenvalue weighted by Crippen LogP contribution is -2.25. The third-order valence-electron chi connectivity index (χ3n) is 8.64. The standard InChI is InChI=1S/C31H49FO2/c1-3-5-7-9-24-11-13-26(14-12-24)15-18-27-21-22-29(23-30(27)32)34-31(33)28-19-16-25(17-20-28)10-8-6-4-2/h21-26,28H,3-20H2,1-2H3/t24-,25-,26-,28-. The smallest absolute Gasteiger partial charge is 0.314 e. The molecule has 0 aromatic heterocycles. The van der Waals surface area contributed by atoms with Crippen molar-refractivity contribution < 1.29 is 13.9 Å². The van der Waals surface area contributed by atoms with E-state index in [2.05, 4.69) is 13.8 Å². The summed E-state index contributed by atoms with van der Waals surface area (Å²) < 4.78 is 20.3. The predicted octanol–water partition coefficient (Wildman–Crippen LogP) is 9.44. The molecule has 0 atom stereocenters. The van der Waals surface area contributed by atoms with Gasteiger partial charge in [-0.3, -0.25) is 4.79 Å². The number of benzene rings is 1. The number of halogens is 1. The topological polar surface area (TPSA) is 26.3 Å². The van der Waals surface area contributed by atoms with Crippen LogP contribution in [0.4, 0.5) is 4.39 Å². The van der Waals surface area contributed by atoms with Crippen LogP contribution in [0.2, 0.25) is 0 Å². The molecule has 0 saturated heterocycles. The Morgan fingerprint density at radius 2 is 1.32 bits per heavy atom. The molecule has 0 aliphatic heterocycles. The maximum absolute atomic E-state index is 14.7. The molecule has 0 radical (unpaired) electrons. The minimum Gasteiger partial charge on any atom is -0.426 e. The van der Waals surface area contributed by atoms with E-state index in [1.807, 2.05) is 6.07 Å². The van der Waals surface area contributed by atoms with Crippen LogP contribution in [0.25, 0.3) is 0 Å². The molecule has 2 fully saturated rings. The molecule has 2 nitrogen and oxygen atoms in total. The van der Waals surface area contributed by atoms with Crippen LogP contribution in [0.5, 0.6) is 5.75 Å². The summed E-state index contributed by atoms with van der Waals surface area (Å²) in [5.74, 6) is 2.36. The predicted molar refractivity (Wildman–Crippen MR) is 140 cm³/mol. The Labute approximate surface area is 208 Å². The van der Waals surface area contributed by atoms with E-state index in [9.17, 15) is 9.18 Å². The average Bonchev–Trinajstić information content (AvgIpc) is 2.85. The SMILES string of the molecule is CCCCC[C@H]1CC[C@H](CCc2ccc(OC(=O)[C@H]3CC[C@H](CCCCC)CC3)cc2F)CC1. The Hall–Kier alpha value is -1.38. The maximum atomic E-state index is 14.7. The van der Waals surface area contributed by atoms with Gasteiger partial charge in [0, 0.05) is 6.07 Å². The fourth-order valence-electron chi connectivity index (χ4n) is 6.22. The summed E-state index contributed by atoms with van der Waals surface area (Å²) in [7, 11) is 0. The third kappa shape index (κ3) is 9.00. The fourth-order valence-corrected chi connectivity index (χ4v) is 6.22. The summed E-state index contributed by atoms with van der Waals surface area (Å²) in [6.07, 6.45) is 21.9. The Morgan fingerprint density at radius 3 is 1.85 bits per heavy atom. The van der Waals surface area contributed by atoms with Gasteiger partial charge in [-0.25, -0.2) is 4.39 Å². The molecule has 0 spiro atoms. The highest BCUT2D eigenvalue weighted by molar-refractivity contribution is 5.75. The highest BCUT2D eigenvalue weighted by Crippen LogP contribution is 2.35. The van der Waals surface area contributed by atoms with Gasteiger partial charge < -0.3 is 4.74 Å². The van der Waals surface area contributed by atoms with E-state index >= 15 is 0 Å². The molecular formula is C31H49FO2. The normalized spacial score (nSPS) is 25.3. The highest BCUT2D eigenvalue weighted by Gasteiger charge is 2.28. The number of ether oxygens (including phenoxy) is 1. The summed E-state index contributed by atoms with van der Waals surface area (Å²) in [6, 6.07) is 5.05. The summed E-state index contributed by atoms with van der Waals surface area (Å²) in [4.78, 5) is 12.6. The van der Waals surface area contributed by atoms with Crippen molar-refractivity contribution in [3.8, 4) is 5.75 Å². The molecule has 0 N–H and O–H groups in total. The summed E-state index contributed by atoms with van der Waals surface area (Å²) in [6.45, 7) is 4.51. The number of unbranched alkanes of at least 4 members (excludes halogenated alkanes) is 4. The zero-order chi connectivity index (χ0) is 24.2. The zero-order valence-electron chi connectivity index (χ0n) is 22.0. The summed E-state index contributed by atoms with van der Waals surface area (Å²) >= 11 is 0. The quantitative estimate of drug-likeness (QED) is 0.162. The number of hydrogen-bond donors (Lipinski definition) is 0. The molecule has 1 aromatic carbocycles. The van der Waals surface area contributed by atoms with Crippen LogP contribution in [-0.4, -0.2) is 5.97 Å². The molecule has 3 heteroatoms. The highest BCUT2D eigenvalue weighted by atomic mass is 19.1. The molecular weight excluding hydrogens is 423 g/mol. The van der Waals surface area contributed by atoms with E-state index < -0.39 is 0 Å². The fraction of sp³-hybridized carbons (Fsp3) is 0.774. The van der Waals surface area contributed by atoms with E-state index in [-0.39, 0.29) is 17.7 Å². The molecule has 1 aromatic rings. The van der Waals surface area contributed by atoms with Gasteiger partial charge in [-0.1, -0.05) is 97.0 Å². The lowest BCUT2D eigenvalue weighted by molar-refractivity contribution is -0.140. The van der Waals surface area contributed by atoms with E-state index in [0.717, 1.165) is 61.8 Å². The first kappa shape index (κ1) is 27.2. The second-order valence-electron chi connectivity index (χ2n) is 11.3. The van der Waals surface area contributed by atoms with Gasteiger partial charge in [0.15, 0.2) is 0 Å². The minimum atomic E-state index is -0.224. The summed E-state index contributed by atoms with van der Waals surface area (Å²) in [5, 5.41) is 0. The van der Waals surface area contributed by atoms with Crippen molar-refractivity contribution in [3.63, 3.8) is 0 Å². The number of rotatable bonds is 13. The molecule has 0 unspecified atom stereocenters. The lowest BCUT2D eigenvalue weighted by atomic mass is 9.78. The van der Waals surface area contributed by atoms with E-state index in [4.69, 9.17) is 4.74 Å². The van der Waals surface area contributed by atoms with Crippen molar-refractivity contribution in [3.05, 3.63) is 29.6 Å². The molecule has 0 heterocycles. The molecule has 34 heavy (non-hydrogen) atoms. The Bertz CT molecular complexity index is 714. The minimum absolute atomic E-state index is 0.0257. The van der Waals surface area contributed by atoms with Crippen molar-refractivity contribution >= 4 is 5.97 Å². The van der Waals surface area contributed by atoms with Crippen molar-refractivity contribution in [1.29, 1.82) is 0 Å². The molecule has 3 rings (SSSR count). The van der Waals surface area contributed by atoms with Crippen molar-refractivity contribution in [2.75, 3.05) is 0 Å². The molecule has 0 amide bonds. The molecule has 2 aliphatic rings. The van der Waals surface area contributed by atoms with Gasteiger partial charge in [0.2, 0.25) is 0 Å². The van der Waals surface area contributed by atoms with Gasteiger partial charge in [0.05, 0.1) is 5.92 Å². The number of hydrogen-bond acceptors (Lipinski definition) is 2. The van der Waals surface area contributed by atoms with Crippen LogP contribution in [-0.2, 0) is 11.2 Å². The van der Waals surface area contributed by atoms with E-state index in [0.29, 0.717) is 5.75 Å². The Balaban J connectivity index is 1.37. The van der Waals surface area contributed by atoms with E-state index in [1.54, 1.807) is 6.07 Å². The largest absolute Gasteiger partial charge is 0.426 e. The third-order valence-corrected chi connectivity index (χ3v) is 8.64. The van der Waals surface area contributed by atoms with Crippen molar-refractivity contribution in [2.45, 2.75) is 129 Å². The number of carbonyl (C=O) groups is 1. The Kier molecular flexibility index (Phi) is 11.9. The molecule has 2 aliphatic carbocycles. The first-order chi connectivity index (χ1) is 16.6. The Morgan fingerprint density at radius 1 is 0.794 bits per heavy atom. The van der Waals surface area contributed by atoms with Gasteiger partial charge in [0.1, 0.15) is 11.6 Å². The van der Waals surface area contributed by atoms with Gasteiger partial charge in [-0.2, -0.15) is 0 Å². The van der Waals surface area contributed by atoms with Gasteiger partial charge in [0.25, 0.3) is 0 Å². The number of esters is 1. The lowest BCUT2D eigenvalue weighted by Gasteiger charge is -2.28. The maximum Gasteiger partial charge on any atom is 0.314 e. The molecule has 0 bridgehead atoms. The number of carbonyl (C=O) groups excluding carboxylic acids is 1. The molecule has 192 valence electrons. The second-order valence-corrected chi connectivity index (χ2v) is 11.3. The van der Waals surface area contributed by atoms with Crippen LogP contribution in [0, 0.1) is 29.5 Å². The first-order valence-electron chi connectivity index (χ1n) is 14.6. The molecule has 2 saturated carbocycles. The van der Waals surface area contributed by atoms with Gasteiger partial charge in [-0.05, 0) is 67.9 Å². The van der Waals surface area contributed by atoms with E-state index in [1.165, 1.54) is 83.1 Å². The van der Waals surface area contributed by atoms with Crippen LogP contribution < -0.4 is 4.74 Å². The average molecular weight is 473 g/mol. The number of aryl methyl sites for hydroxylation is 1. The van der Waals surface area contributed by atoms with Crippen molar-refractivity contribution in [2.24, 2.45) is 23.7 Å². The van der Waals surface area contributed by atoms with Crippen LogP contribution in [0.3, 0.4) is 0 Å². The zero-order valence-corrected chi connectivity index (χ0v) is 22.0. The first-order valence-corrected chi connectivity index (χ1v) is 14.6. The monoisotopic (exact) mass is 472 g/mol. The van der Waals surface area contributed by atoms with Crippen molar-refractivity contribution in [1.82, 2.24) is 0 Å². The van der Waals surface area contributed by atoms with Gasteiger partial charge >= 0.3 is 5.97 Å². The second kappa shape index (κ2) is 14.9. The van der Waals surface area contributed by atoms with Crippen LogP contribution >= 0.6 is 0 Å². The van der Waals surface area contributed by atoms with Gasteiger partial charge in [-0.15, -0.1) is 0 Å². The van der Waals surface area contributed by atoms with Crippen LogP contribution in [0.15, 0.2) is 18.2 Å².